The van der Waals surface area contributed by atoms with E-state index in [1.165, 1.54) is 12.3 Å². The van der Waals surface area contributed by atoms with E-state index in [1.807, 2.05) is 22.9 Å². The standard InChI is InChI=1S/C22H23N3O5/c1-14(2)25-17(8-10-24-25)21-15(5-4-9-23-21)12-28-19-7-3-6-18(27)20(19)22-29-13-16(11-26)30-22/h3-10,13-14,22,26-27H,11-12H2,1-2H3. The maximum absolute atomic E-state index is 10.4. The number of aromatic nitrogens is 3. The highest BCUT2D eigenvalue weighted by atomic mass is 16.7. The molecule has 0 amide bonds. The number of phenolic OH excluding ortho intramolecular Hbond substituents is 1. The fraction of sp³-hybridized carbons (Fsp3) is 0.273. The van der Waals surface area contributed by atoms with Crippen molar-refractivity contribution >= 4 is 0 Å². The number of pyridine rings is 1. The van der Waals surface area contributed by atoms with E-state index in [0.29, 0.717) is 11.3 Å². The van der Waals surface area contributed by atoms with Gasteiger partial charge in [0.2, 0.25) is 0 Å². The number of hydrogen-bond donors (Lipinski definition) is 2. The Labute approximate surface area is 174 Å². The van der Waals surface area contributed by atoms with Gasteiger partial charge in [-0.3, -0.25) is 9.67 Å². The second-order valence-electron chi connectivity index (χ2n) is 7.07. The largest absolute Gasteiger partial charge is 0.507 e. The Morgan fingerprint density at radius 3 is 2.80 bits per heavy atom. The molecule has 2 N–H and O–H groups in total. The van der Waals surface area contributed by atoms with Crippen molar-refractivity contribution in [2.45, 2.75) is 32.8 Å². The average molecular weight is 409 g/mol. The summed E-state index contributed by atoms with van der Waals surface area (Å²) in [5.74, 6) is 0.680. The van der Waals surface area contributed by atoms with Crippen molar-refractivity contribution in [1.29, 1.82) is 0 Å². The summed E-state index contributed by atoms with van der Waals surface area (Å²) in [4.78, 5) is 4.54. The topological polar surface area (TPSA) is 98.9 Å². The summed E-state index contributed by atoms with van der Waals surface area (Å²) >= 11 is 0. The predicted octanol–water partition coefficient (Wildman–Crippen LogP) is 3.69. The molecule has 1 unspecified atom stereocenters. The molecule has 1 aromatic carbocycles. The number of nitrogens with zero attached hydrogens (tertiary/aromatic N) is 3. The minimum Gasteiger partial charge on any atom is -0.507 e. The number of rotatable bonds is 7. The molecule has 4 rings (SSSR count). The number of phenols is 1. The van der Waals surface area contributed by atoms with Crippen LogP contribution in [-0.4, -0.2) is 31.6 Å². The summed E-state index contributed by atoms with van der Waals surface area (Å²) in [6.45, 7) is 4.05. The van der Waals surface area contributed by atoms with Crippen LogP contribution >= 0.6 is 0 Å². The first-order chi connectivity index (χ1) is 14.6. The highest BCUT2D eigenvalue weighted by molar-refractivity contribution is 5.59. The van der Waals surface area contributed by atoms with Gasteiger partial charge < -0.3 is 24.4 Å². The van der Waals surface area contributed by atoms with Crippen molar-refractivity contribution < 1.29 is 24.4 Å². The zero-order valence-electron chi connectivity index (χ0n) is 16.7. The molecular weight excluding hydrogens is 386 g/mol. The summed E-state index contributed by atoms with van der Waals surface area (Å²) in [6.07, 6.45) is 3.92. The Hall–Kier alpha value is -3.52. The van der Waals surface area contributed by atoms with Gasteiger partial charge in [0.15, 0.2) is 5.76 Å². The van der Waals surface area contributed by atoms with Crippen LogP contribution in [0.2, 0.25) is 0 Å². The lowest BCUT2D eigenvalue weighted by Crippen LogP contribution is -2.09. The van der Waals surface area contributed by atoms with Crippen LogP contribution in [0, 0.1) is 0 Å². The number of ether oxygens (including phenoxy) is 3. The van der Waals surface area contributed by atoms with Gasteiger partial charge in [0.1, 0.15) is 36.5 Å². The molecule has 8 heteroatoms. The Morgan fingerprint density at radius 1 is 1.17 bits per heavy atom. The van der Waals surface area contributed by atoms with Gasteiger partial charge in [-0.15, -0.1) is 0 Å². The van der Waals surface area contributed by atoms with Crippen molar-refractivity contribution in [1.82, 2.24) is 14.8 Å². The van der Waals surface area contributed by atoms with Crippen molar-refractivity contribution in [2.75, 3.05) is 6.61 Å². The lowest BCUT2D eigenvalue weighted by molar-refractivity contribution is -0.0425. The molecule has 1 atom stereocenters. The van der Waals surface area contributed by atoms with E-state index in [1.54, 1.807) is 24.5 Å². The van der Waals surface area contributed by atoms with Crippen LogP contribution < -0.4 is 4.74 Å². The van der Waals surface area contributed by atoms with Crippen molar-refractivity contribution in [3.63, 3.8) is 0 Å². The highest BCUT2D eigenvalue weighted by Gasteiger charge is 2.28. The molecule has 3 aromatic rings. The van der Waals surface area contributed by atoms with Crippen molar-refractivity contribution in [2.24, 2.45) is 0 Å². The summed E-state index contributed by atoms with van der Waals surface area (Å²) in [5.41, 5.74) is 2.91. The van der Waals surface area contributed by atoms with Crippen LogP contribution in [-0.2, 0) is 16.1 Å². The Balaban J connectivity index is 1.60. The third-order valence-corrected chi connectivity index (χ3v) is 4.69. The van der Waals surface area contributed by atoms with E-state index in [0.717, 1.165) is 17.0 Å². The molecular formula is C22H23N3O5. The van der Waals surface area contributed by atoms with E-state index < -0.39 is 6.29 Å². The Morgan fingerprint density at radius 2 is 2.03 bits per heavy atom. The first kappa shape index (κ1) is 19.8. The van der Waals surface area contributed by atoms with Gasteiger partial charge >= 0.3 is 0 Å². The smallest absolute Gasteiger partial charge is 0.274 e. The van der Waals surface area contributed by atoms with E-state index in [-0.39, 0.29) is 30.8 Å². The van der Waals surface area contributed by atoms with Crippen LogP contribution in [0.5, 0.6) is 11.5 Å². The summed E-state index contributed by atoms with van der Waals surface area (Å²) in [6, 6.07) is 10.8. The monoisotopic (exact) mass is 409 g/mol. The number of aromatic hydroxyl groups is 1. The summed E-state index contributed by atoms with van der Waals surface area (Å²) in [7, 11) is 0. The maximum atomic E-state index is 10.4. The van der Waals surface area contributed by atoms with Gasteiger partial charge in [0, 0.05) is 24.0 Å². The van der Waals surface area contributed by atoms with Crippen LogP contribution in [0.25, 0.3) is 11.4 Å². The molecule has 0 aliphatic carbocycles. The molecule has 30 heavy (non-hydrogen) atoms. The Bertz CT molecular complexity index is 1060. The minimum atomic E-state index is -0.890. The third-order valence-electron chi connectivity index (χ3n) is 4.69. The molecule has 3 heterocycles. The van der Waals surface area contributed by atoms with Crippen LogP contribution in [0.3, 0.4) is 0 Å². The fourth-order valence-corrected chi connectivity index (χ4v) is 3.28. The van der Waals surface area contributed by atoms with Gasteiger partial charge in [-0.2, -0.15) is 5.10 Å². The maximum Gasteiger partial charge on any atom is 0.274 e. The van der Waals surface area contributed by atoms with Gasteiger partial charge in [-0.05, 0) is 38.1 Å². The Kier molecular flexibility index (Phi) is 5.58. The molecule has 0 saturated heterocycles. The quantitative estimate of drug-likeness (QED) is 0.614. The molecule has 1 aliphatic heterocycles. The summed E-state index contributed by atoms with van der Waals surface area (Å²) < 4.78 is 18.9. The molecule has 0 fully saturated rings. The number of aliphatic hydroxyl groups excluding tert-OH is 1. The first-order valence-corrected chi connectivity index (χ1v) is 9.63. The second-order valence-corrected chi connectivity index (χ2v) is 7.07. The zero-order valence-corrected chi connectivity index (χ0v) is 16.7. The molecule has 8 nitrogen and oxygen atoms in total. The molecule has 156 valence electrons. The second kappa shape index (κ2) is 8.46. The van der Waals surface area contributed by atoms with Gasteiger partial charge in [-0.1, -0.05) is 12.1 Å². The van der Waals surface area contributed by atoms with E-state index in [4.69, 9.17) is 14.2 Å². The molecule has 0 saturated carbocycles. The molecule has 1 aliphatic rings. The number of benzene rings is 1. The van der Waals surface area contributed by atoms with Gasteiger partial charge in [0.05, 0.1) is 11.4 Å². The molecule has 0 spiro atoms. The molecule has 0 bridgehead atoms. The highest BCUT2D eigenvalue weighted by Crippen LogP contribution is 2.40. The SMILES string of the molecule is CC(C)n1nccc1-c1ncccc1COc1cccc(O)c1C1OC=C(CO)O1. The van der Waals surface area contributed by atoms with Crippen molar-refractivity contribution in [3.8, 4) is 22.9 Å². The van der Waals surface area contributed by atoms with E-state index in [9.17, 15) is 10.2 Å². The first-order valence-electron chi connectivity index (χ1n) is 9.63. The van der Waals surface area contributed by atoms with Gasteiger partial charge in [-0.25, -0.2) is 0 Å². The average Bonchev–Trinajstić information content (AvgIpc) is 3.42. The fourth-order valence-electron chi connectivity index (χ4n) is 3.28. The third kappa shape index (κ3) is 3.81. The normalized spacial score (nSPS) is 15.6. The lowest BCUT2D eigenvalue weighted by atomic mass is 10.1. The van der Waals surface area contributed by atoms with Gasteiger partial charge in [0.25, 0.3) is 6.29 Å². The molecule has 0 radical (unpaired) electrons. The predicted molar refractivity (Wildman–Crippen MR) is 108 cm³/mol. The van der Waals surface area contributed by atoms with Crippen molar-refractivity contribution in [3.05, 3.63) is 71.9 Å². The van der Waals surface area contributed by atoms with Crippen LogP contribution in [0.15, 0.2) is 60.8 Å². The zero-order chi connectivity index (χ0) is 21.1. The van der Waals surface area contributed by atoms with E-state index >= 15 is 0 Å². The van der Waals surface area contributed by atoms with Crippen LogP contribution in [0.1, 0.15) is 37.3 Å². The minimum absolute atomic E-state index is 0.0191. The lowest BCUT2D eigenvalue weighted by Gasteiger charge is -2.18. The molecule has 2 aromatic heterocycles. The van der Waals surface area contributed by atoms with E-state index in [2.05, 4.69) is 23.9 Å². The summed E-state index contributed by atoms with van der Waals surface area (Å²) in [5, 5.41) is 24.0. The number of aliphatic hydroxyl groups is 1. The van der Waals surface area contributed by atoms with Crippen LogP contribution in [0.4, 0.5) is 0 Å². The number of hydrogen-bond acceptors (Lipinski definition) is 7.